The van der Waals surface area contributed by atoms with Gasteiger partial charge < -0.3 is 0 Å². The molecule has 1 aliphatic carbocycles. The van der Waals surface area contributed by atoms with Crippen molar-refractivity contribution in [1.82, 2.24) is 0 Å². The Balaban J connectivity index is 2.27. The van der Waals surface area contributed by atoms with Crippen LogP contribution < -0.4 is 0 Å². The van der Waals surface area contributed by atoms with Crippen molar-refractivity contribution >= 4 is 15.9 Å². The Kier molecular flexibility index (Phi) is 4.07. The van der Waals surface area contributed by atoms with Gasteiger partial charge in [-0.1, -0.05) is 59.0 Å². The average Bonchev–Trinajstić information content (AvgIpc) is 2.44. The normalized spacial score (nSPS) is 26.4. The topological polar surface area (TPSA) is 0 Å². The van der Waals surface area contributed by atoms with Gasteiger partial charge in [-0.25, -0.2) is 0 Å². The molecule has 0 aromatic heterocycles. The number of rotatable bonds is 1. The first-order valence-electron chi connectivity index (χ1n) is 6.39. The van der Waals surface area contributed by atoms with Crippen LogP contribution in [0.1, 0.15) is 54.7 Å². The monoisotopic (exact) mass is 280 g/mol. The lowest BCUT2D eigenvalue weighted by Gasteiger charge is -2.22. The van der Waals surface area contributed by atoms with Crippen molar-refractivity contribution in [3.8, 4) is 0 Å². The van der Waals surface area contributed by atoms with Crippen molar-refractivity contribution in [2.24, 2.45) is 0 Å². The minimum absolute atomic E-state index is 0.677. The van der Waals surface area contributed by atoms with E-state index in [2.05, 4.69) is 48.0 Å². The molecule has 0 spiro atoms. The van der Waals surface area contributed by atoms with Crippen LogP contribution in [0.15, 0.2) is 18.2 Å². The molecule has 16 heavy (non-hydrogen) atoms. The first-order chi connectivity index (χ1) is 7.68. The van der Waals surface area contributed by atoms with Crippen molar-refractivity contribution in [3.63, 3.8) is 0 Å². The summed E-state index contributed by atoms with van der Waals surface area (Å²) in [4.78, 5) is 0.677. The van der Waals surface area contributed by atoms with E-state index < -0.39 is 0 Å². The van der Waals surface area contributed by atoms with E-state index >= 15 is 0 Å². The van der Waals surface area contributed by atoms with Crippen LogP contribution in [0.3, 0.4) is 0 Å². The van der Waals surface area contributed by atoms with Crippen LogP contribution in [-0.2, 0) is 0 Å². The third kappa shape index (κ3) is 2.68. The van der Waals surface area contributed by atoms with Gasteiger partial charge >= 0.3 is 0 Å². The molecule has 1 aromatic carbocycles. The molecule has 0 nitrogen and oxygen atoms in total. The number of benzene rings is 1. The van der Waals surface area contributed by atoms with Gasteiger partial charge in [0.05, 0.1) is 0 Å². The second-order valence-electron chi connectivity index (χ2n) is 5.12. The van der Waals surface area contributed by atoms with Crippen molar-refractivity contribution in [2.45, 2.75) is 56.7 Å². The Morgan fingerprint density at radius 3 is 2.56 bits per heavy atom. The molecule has 1 fully saturated rings. The van der Waals surface area contributed by atoms with Crippen molar-refractivity contribution in [1.29, 1.82) is 0 Å². The third-order valence-electron chi connectivity index (χ3n) is 3.76. The predicted molar refractivity (Wildman–Crippen MR) is 74.5 cm³/mol. The summed E-state index contributed by atoms with van der Waals surface area (Å²) in [5.41, 5.74) is 4.41. The van der Waals surface area contributed by atoms with E-state index in [0.717, 1.165) is 5.92 Å². The molecule has 2 atom stereocenters. The molecule has 0 amide bonds. The van der Waals surface area contributed by atoms with Crippen LogP contribution >= 0.6 is 15.9 Å². The van der Waals surface area contributed by atoms with Crippen LogP contribution in [0.2, 0.25) is 0 Å². The Bertz CT molecular complexity index is 356. The molecule has 2 rings (SSSR count). The summed E-state index contributed by atoms with van der Waals surface area (Å²) in [6.07, 6.45) is 6.86. The maximum Gasteiger partial charge on any atom is 0.0214 e. The van der Waals surface area contributed by atoms with Gasteiger partial charge in [-0.15, -0.1) is 0 Å². The zero-order chi connectivity index (χ0) is 11.5. The van der Waals surface area contributed by atoms with E-state index in [4.69, 9.17) is 0 Å². The van der Waals surface area contributed by atoms with Gasteiger partial charge in [0.1, 0.15) is 0 Å². The molecule has 1 saturated carbocycles. The zero-order valence-corrected chi connectivity index (χ0v) is 11.9. The van der Waals surface area contributed by atoms with Crippen molar-refractivity contribution in [3.05, 3.63) is 34.9 Å². The lowest BCUT2D eigenvalue weighted by atomic mass is 9.88. The van der Waals surface area contributed by atoms with E-state index in [9.17, 15) is 0 Å². The summed E-state index contributed by atoms with van der Waals surface area (Å²) in [7, 11) is 0. The molecule has 1 aliphatic rings. The summed E-state index contributed by atoms with van der Waals surface area (Å²) in [6.45, 7) is 4.43. The second-order valence-corrected chi connectivity index (χ2v) is 6.30. The molecule has 2 unspecified atom stereocenters. The molecular formula is C15H21Br. The lowest BCUT2D eigenvalue weighted by molar-refractivity contribution is 0.609. The molecule has 0 saturated heterocycles. The third-order valence-corrected chi connectivity index (χ3v) is 4.85. The zero-order valence-electron chi connectivity index (χ0n) is 10.3. The van der Waals surface area contributed by atoms with Crippen LogP contribution in [0, 0.1) is 13.8 Å². The SMILES string of the molecule is Cc1ccc(C2CCCCCC2Br)c(C)c1. The summed E-state index contributed by atoms with van der Waals surface area (Å²) in [6, 6.07) is 6.92. The second kappa shape index (κ2) is 5.35. The van der Waals surface area contributed by atoms with Gasteiger partial charge in [0.15, 0.2) is 0 Å². The molecule has 0 N–H and O–H groups in total. The largest absolute Gasteiger partial charge is 0.0884 e. The first kappa shape index (κ1) is 12.2. The fraction of sp³-hybridized carbons (Fsp3) is 0.600. The number of aryl methyl sites for hydroxylation is 2. The van der Waals surface area contributed by atoms with Gasteiger partial charge in [-0.3, -0.25) is 0 Å². The van der Waals surface area contributed by atoms with E-state index in [1.165, 1.54) is 43.2 Å². The molecule has 1 heteroatoms. The molecular weight excluding hydrogens is 260 g/mol. The van der Waals surface area contributed by atoms with Gasteiger partial charge in [-0.2, -0.15) is 0 Å². The van der Waals surface area contributed by atoms with E-state index in [1.54, 1.807) is 5.56 Å². The summed E-state index contributed by atoms with van der Waals surface area (Å²) in [5.74, 6) is 0.725. The minimum atomic E-state index is 0.677. The standard InChI is InChI=1S/C15H21Br/c1-11-8-9-13(12(2)10-11)14-6-4-3-5-7-15(14)16/h8-10,14-15H,3-7H2,1-2H3. The number of hydrogen-bond acceptors (Lipinski definition) is 0. The minimum Gasteiger partial charge on any atom is -0.0884 e. The number of alkyl halides is 1. The number of hydrogen-bond donors (Lipinski definition) is 0. The van der Waals surface area contributed by atoms with Gasteiger partial charge in [-0.05, 0) is 43.7 Å². The van der Waals surface area contributed by atoms with Crippen molar-refractivity contribution < 1.29 is 0 Å². The Morgan fingerprint density at radius 2 is 1.81 bits per heavy atom. The summed E-state index contributed by atoms with van der Waals surface area (Å²) < 4.78 is 0. The highest BCUT2D eigenvalue weighted by Gasteiger charge is 2.23. The average molecular weight is 281 g/mol. The number of halogens is 1. The summed E-state index contributed by atoms with van der Waals surface area (Å²) in [5, 5.41) is 0. The van der Waals surface area contributed by atoms with Gasteiger partial charge in [0, 0.05) is 4.83 Å². The van der Waals surface area contributed by atoms with Crippen LogP contribution in [0.25, 0.3) is 0 Å². The van der Waals surface area contributed by atoms with Crippen molar-refractivity contribution in [2.75, 3.05) is 0 Å². The van der Waals surface area contributed by atoms with E-state index in [-0.39, 0.29) is 0 Å². The molecule has 1 aromatic rings. The molecule has 0 bridgehead atoms. The van der Waals surface area contributed by atoms with E-state index in [0.29, 0.717) is 4.83 Å². The molecule has 0 aliphatic heterocycles. The molecule has 88 valence electrons. The highest BCUT2D eigenvalue weighted by Crippen LogP contribution is 2.37. The summed E-state index contributed by atoms with van der Waals surface area (Å²) >= 11 is 3.89. The van der Waals surface area contributed by atoms with Crippen LogP contribution in [-0.4, -0.2) is 4.83 Å². The molecule has 0 radical (unpaired) electrons. The van der Waals surface area contributed by atoms with Crippen LogP contribution in [0.5, 0.6) is 0 Å². The Morgan fingerprint density at radius 1 is 1.06 bits per heavy atom. The van der Waals surface area contributed by atoms with Crippen LogP contribution in [0.4, 0.5) is 0 Å². The highest BCUT2D eigenvalue weighted by molar-refractivity contribution is 9.09. The maximum atomic E-state index is 3.89. The Hall–Kier alpha value is -0.300. The predicted octanol–water partition coefficient (Wildman–Crippen LogP) is 5.11. The quantitative estimate of drug-likeness (QED) is 0.495. The van der Waals surface area contributed by atoms with Gasteiger partial charge in [0.2, 0.25) is 0 Å². The maximum absolute atomic E-state index is 3.89. The highest BCUT2D eigenvalue weighted by atomic mass is 79.9. The first-order valence-corrected chi connectivity index (χ1v) is 7.31. The molecule has 0 heterocycles. The van der Waals surface area contributed by atoms with E-state index in [1.807, 2.05) is 0 Å². The fourth-order valence-electron chi connectivity index (χ4n) is 2.85. The lowest BCUT2D eigenvalue weighted by Crippen LogP contribution is -2.12. The smallest absolute Gasteiger partial charge is 0.0214 e. The fourth-order valence-corrected chi connectivity index (χ4v) is 3.73. The Labute approximate surface area is 108 Å². The van der Waals surface area contributed by atoms with Gasteiger partial charge in [0.25, 0.3) is 0 Å².